The molecule has 1 fully saturated rings. The van der Waals surface area contributed by atoms with Gasteiger partial charge in [0.25, 0.3) is 0 Å². The Morgan fingerprint density at radius 3 is 2.41 bits per heavy atom. The molecule has 4 rings (SSSR count). The van der Waals surface area contributed by atoms with Crippen molar-refractivity contribution >= 4 is 16.6 Å². The minimum absolute atomic E-state index is 0.213. The van der Waals surface area contributed by atoms with Crippen molar-refractivity contribution in [2.24, 2.45) is 0 Å². The molecule has 2 heterocycles. The minimum Gasteiger partial charge on any atom is -0.403 e. The van der Waals surface area contributed by atoms with Crippen LogP contribution in [0.5, 0.6) is 5.75 Å². The molecule has 2 aromatic carbocycles. The Labute approximate surface area is 154 Å². The Bertz CT molecular complexity index is 938. The number of pyridine rings is 1. The number of anilines is 1. The number of hydrogen-bond donors (Lipinski definition) is 1. The Morgan fingerprint density at radius 1 is 0.963 bits per heavy atom. The summed E-state index contributed by atoms with van der Waals surface area (Å²) in [4.78, 5) is 6.69. The van der Waals surface area contributed by atoms with Gasteiger partial charge in [-0.15, -0.1) is 13.2 Å². The summed E-state index contributed by atoms with van der Waals surface area (Å²) in [6.45, 7) is 3.20. The second-order valence-electron chi connectivity index (χ2n) is 6.33. The highest BCUT2D eigenvalue weighted by molar-refractivity contribution is 5.97. The lowest BCUT2D eigenvalue weighted by Gasteiger charge is -2.31. The Hall–Kier alpha value is -2.80. The molecule has 3 aromatic rings. The number of aromatic nitrogens is 1. The van der Waals surface area contributed by atoms with E-state index < -0.39 is 6.36 Å². The number of alkyl halides is 3. The van der Waals surface area contributed by atoms with Gasteiger partial charge in [0.2, 0.25) is 0 Å². The number of piperazine rings is 1. The van der Waals surface area contributed by atoms with Crippen LogP contribution in [0.3, 0.4) is 0 Å². The zero-order valence-corrected chi connectivity index (χ0v) is 14.5. The lowest BCUT2D eigenvalue weighted by atomic mass is 10.1. The molecule has 0 saturated carbocycles. The topological polar surface area (TPSA) is 37.4 Å². The molecular weight excluding hydrogens is 355 g/mol. The first-order chi connectivity index (χ1) is 13.0. The number of fused-ring (bicyclic) bond motifs is 1. The third kappa shape index (κ3) is 3.83. The molecule has 0 atom stereocenters. The molecule has 4 nitrogen and oxygen atoms in total. The summed E-state index contributed by atoms with van der Waals surface area (Å²) in [5, 5.41) is 3.94. The third-order valence-electron chi connectivity index (χ3n) is 4.53. The van der Waals surface area contributed by atoms with Gasteiger partial charge < -0.3 is 15.0 Å². The number of benzene rings is 2. The molecular formula is C20H18F3N3O. The van der Waals surface area contributed by atoms with E-state index in [0.717, 1.165) is 37.4 Å². The van der Waals surface area contributed by atoms with Crippen LogP contribution in [0.4, 0.5) is 18.9 Å². The van der Waals surface area contributed by atoms with Crippen LogP contribution >= 0.6 is 0 Å². The summed E-state index contributed by atoms with van der Waals surface area (Å²) < 4.78 is 42.9. The van der Waals surface area contributed by atoms with Crippen LogP contribution in [0.2, 0.25) is 0 Å². The molecule has 0 radical (unpaired) electrons. The molecule has 1 aliphatic rings. The van der Waals surface area contributed by atoms with E-state index in [9.17, 15) is 13.2 Å². The van der Waals surface area contributed by atoms with Crippen molar-refractivity contribution in [2.45, 2.75) is 6.36 Å². The summed E-state index contributed by atoms with van der Waals surface area (Å²) in [6, 6.07) is 16.0. The number of rotatable bonds is 3. The van der Waals surface area contributed by atoms with Crippen molar-refractivity contribution in [3.8, 4) is 17.0 Å². The summed E-state index contributed by atoms with van der Waals surface area (Å²) >= 11 is 0. The molecule has 0 amide bonds. The van der Waals surface area contributed by atoms with Crippen molar-refractivity contribution in [1.29, 1.82) is 0 Å². The summed E-state index contributed by atoms with van der Waals surface area (Å²) in [5.74, 6) is -0.283. The second-order valence-corrected chi connectivity index (χ2v) is 6.33. The van der Waals surface area contributed by atoms with Gasteiger partial charge in [0.05, 0.1) is 5.69 Å². The number of nitrogens with zero attached hydrogens (tertiary/aromatic N) is 2. The zero-order chi connectivity index (χ0) is 18.9. The highest BCUT2D eigenvalue weighted by Crippen LogP contribution is 2.37. The van der Waals surface area contributed by atoms with Gasteiger partial charge in [-0.3, -0.25) is 0 Å². The first kappa shape index (κ1) is 17.6. The largest absolute Gasteiger partial charge is 0.573 e. The maximum atomic E-state index is 12.9. The number of halogens is 3. The highest BCUT2D eigenvalue weighted by atomic mass is 19.4. The number of hydrogen-bond acceptors (Lipinski definition) is 4. The maximum Gasteiger partial charge on any atom is 0.573 e. The van der Waals surface area contributed by atoms with Crippen LogP contribution in [-0.4, -0.2) is 37.5 Å². The van der Waals surface area contributed by atoms with Crippen molar-refractivity contribution < 1.29 is 17.9 Å². The fraction of sp³-hybridized carbons (Fsp3) is 0.250. The molecule has 27 heavy (non-hydrogen) atoms. The van der Waals surface area contributed by atoms with Crippen molar-refractivity contribution in [1.82, 2.24) is 10.3 Å². The molecule has 1 N–H and O–H groups in total. The number of nitrogens with one attached hydrogen (secondary N) is 1. The summed E-state index contributed by atoms with van der Waals surface area (Å²) in [7, 11) is 0. The van der Waals surface area contributed by atoms with Crippen molar-refractivity contribution in [2.75, 3.05) is 31.1 Å². The number of ether oxygens (including phenoxy) is 1. The van der Waals surface area contributed by atoms with E-state index in [1.54, 1.807) is 12.1 Å². The predicted octanol–water partition coefficient (Wildman–Crippen LogP) is 4.21. The van der Waals surface area contributed by atoms with Crippen molar-refractivity contribution in [3.63, 3.8) is 0 Å². The maximum absolute atomic E-state index is 12.9. The van der Waals surface area contributed by atoms with Crippen LogP contribution in [-0.2, 0) is 0 Å². The zero-order valence-electron chi connectivity index (χ0n) is 14.5. The van der Waals surface area contributed by atoms with E-state index in [-0.39, 0.29) is 11.3 Å². The van der Waals surface area contributed by atoms with Gasteiger partial charge in [-0.1, -0.05) is 42.5 Å². The lowest BCUT2D eigenvalue weighted by molar-refractivity contribution is -0.274. The molecule has 0 unspecified atom stereocenters. The molecule has 1 aromatic heterocycles. The molecule has 1 aliphatic heterocycles. The van der Waals surface area contributed by atoms with Gasteiger partial charge in [-0.05, 0) is 12.1 Å². The van der Waals surface area contributed by atoms with E-state index >= 15 is 0 Å². The summed E-state index contributed by atoms with van der Waals surface area (Å²) in [6.07, 6.45) is -4.77. The van der Waals surface area contributed by atoms with E-state index in [1.807, 2.05) is 36.4 Å². The van der Waals surface area contributed by atoms with Crippen LogP contribution in [0.1, 0.15) is 0 Å². The molecule has 0 spiro atoms. The molecule has 1 saturated heterocycles. The quantitative estimate of drug-likeness (QED) is 0.746. The smallest absolute Gasteiger partial charge is 0.403 e. The fourth-order valence-corrected chi connectivity index (χ4v) is 3.34. The van der Waals surface area contributed by atoms with Gasteiger partial charge in [-0.25, -0.2) is 4.98 Å². The molecule has 0 aliphatic carbocycles. The van der Waals surface area contributed by atoms with E-state index in [0.29, 0.717) is 11.1 Å². The van der Waals surface area contributed by atoms with Crippen LogP contribution in [0.15, 0.2) is 54.6 Å². The predicted molar refractivity (Wildman–Crippen MR) is 98.9 cm³/mol. The Morgan fingerprint density at radius 2 is 1.70 bits per heavy atom. The van der Waals surface area contributed by atoms with E-state index in [1.165, 1.54) is 6.07 Å². The van der Waals surface area contributed by atoms with Gasteiger partial charge in [0, 0.05) is 42.8 Å². The lowest BCUT2D eigenvalue weighted by Crippen LogP contribution is -2.43. The van der Waals surface area contributed by atoms with Gasteiger partial charge in [-0.2, -0.15) is 0 Å². The van der Waals surface area contributed by atoms with Gasteiger partial charge >= 0.3 is 6.36 Å². The SMILES string of the molecule is FC(F)(F)Oc1cccc2c(N3CCNCC3)cc(-c3ccccc3)nc12. The Balaban J connectivity index is 1.92. The first-order valence-corrected chi connectivity index (χ1v) is 8.72. The molecule has 140 valence electrons. The summed E-state index contributed by atoms with van der Waals surface area (Å²) in [5.41, 5.74) is 2.55. The standard InChI is InChI=1S/C20H18F3N3O/c21-20(22,23)27-18-8-4-7-15-17(26-11-9-24-10-12-26)13-16(25-19(15)18)14-5-2-1-3-6-14/h1-8,13,24H,9-12H2. The van der Waals surface area contributed by atoms with E-state index in [4.69, 9.17) is 0 Å². The molecule has 7 heteroatoms. The average molecular weight is 373 g/mol. The average Bonchev–Trinajstić information content (AvgIpc) is 2.68. The van der Waals surface area contributed by atoms with Gasteiger partial charge in [0.15, 0.2) is 5.75 Å². The normalized spacial score (nSPS) is 15.1. The number of para-hydroxylation sites is 1. The fourth-order valence-electron chi connectivity index (χ4n) is 3.34. The molecule has 0 bridgehead atoms. The van der Waals surface area contributed by atoms with Gasteiger partial charge in [0.1, 0.15) is 5.52 Å². The van der Waals surface area contributed by atoms with Crippen LogP contribution in [0, 0.1) is 0 Å². The monoisotopic (exact) mass is 373 g/mol. The van der Waals surface area contributed by atoms with E-state index in [2.05, 4.69) is 19.9 Å². The minimum atomic E-state index is -4.77. The first-order valence-electron chi connectivity index (χ1n) is 8.72. The Kier molecular flexibility index (Phi) is 4.61. The second kappa shape index (κ2) is 7.08. The third-order valence-corrected chi connectivity index (χ3v) is 4.53. The van der Waals surface area contributed by atoms with Crippen LogP contribution in [0.25, 0.3) is 22.2 Å². The van der Waals surface area contributed by atoms with Crippen molar-refractivity contribution in [3.05, 3.63) is 54.6 Å². The highest BCUT2D eigenvalue weighted by Gasteiger charge is 2.32. The van der Waals surface area contributed by atoms with Crippen LogP contribution < -0.4 is 15.0 Å².